The number of piperidine rings is 1. The molecule has 1 amide bonds. The Morgan fingerprint density at radius 1 is 1.41 bits per heavy atom. The molecule has 1 rings (SSSR count). The molecule has 0 aromatic heterocycles. The molecule has 2 atom stereocenters. The zero-order valence-corrected chi connectivity index (χ0v) is 14.0. The van der Waals surface area contributed by atoms with E-state index in [1.54, 1.807) is 12.0 Å². The van der Waals surface area contributed by atoms with Crippen molar-refractivity contribution in [3.05, 3.63) is 0 Å². The molecule has 1 aliphatic rings. The van der Waals surface area contributed by atoms with Crippen LogP contribution in [0.2, 0.25) is 0 Å². The molecule has 22 heavy (non-hydrogen) atoms. The second-order valence-corrected chi connectivity index (χ2v) is 6.31. The van der Waals surface area contributed by atoms with Crippen molar-refractivity contribution in [1.82, 2.24) is 4.90 Å². The third-order valence-electron chi connectivity index (χ3n) is 3.26. The number of amides is 1. The second kappa shape index (κ2) is 8.99. The van der Waals surface area contributed by atoms with Crippen molar-refractivity contribution in [2.45, 2.75) is 38.9 Å². The fourth-order valence-electron chi connectivity index (χ4n) is 2.26. The molecule has 0 spiro atoms. The number of carbonyl (C=O) groups is 1. The van der Waals surface area contributed by atoms with Crippen LogP contribution in [0.4, 0.5) is 4.79 Å². The predicted octanol–water partition coefficient (Wildman–Crippen LogP) is 1.88. The monoisotopic (exact) mass is 313 g/mol. The molecule has 1 aliphatic heterocycles. The molecule has 2 unspecified atom stereocenters. The summed E-state index contributed by atoms with van der Waals surface area (Å²) >= 11 is 0. The molecule has 6 nitrogen and oxygen atoms in total. The molecule has 0 N–H and O–H groups in total. The van der Waals surface area contributed by atoms with E-state index in [0.717, 1.165) is 6.42 Å². The zero-order valence-electron chi connectivity index (χ0n) is 14.0. The molecular weight excluding hydrogens is 286 g/mol. The Bertz CT molecular complexity index is 385. The van der Waals surface area contributed by atoms with Gasteiger partial charge in [0.15, 0.2) is 0 Å². The molecule has 0 aliphatic carbocycles. The number of likely N-dealkylation sites (tertiary alicyclic amines) is 1. The van der Waals surface area contributed by atoms with Gasteiger partial charge in [0.2, 0.25) is 0 Å². The van der Waals surface area contributed by atoms with Crippen molar-refractivity contribution in [2.24, 2.45) is 5.92 Å². The van der Waals surface area contributed by atoms with E-state index in [0.29, 0.717) is 19.7 Å². The van der Waals surface area contributed by atoms with Gasteiger partial charge in [0, 0.05) is 19.6 Å². The summed E-state index contributed by atoms with van der Waals surface area (Å²) in [6.07, 6.45) is 5.49. The minimum absolute atomic E-state index is 0.154. The number of methoxy groups -OCH3 is 1. The molecule has 0 saturated carbocycles. The number of rotatable bonds is 6. The minimum Gasteiger partial charge on any atom is -0.444 e. The quantitative estimate of drug-likeness (QED) is 0.426. The maximum Gasteiger partial charge on any atom is 0.410 e. The Hall–Kier alpha value is -1.29. The standard InChI is InChI=1S/C16H27NO5/c1-6-9-20-11-13-7-8-17(10-14(13)21-12-19-5)15(18)22-16(2,3)4/h1,13-14H,7-12H2,2-5H3. The van der Waals surface area contributed by atoms with Crippen molar-refractivity contribution in [2.75, 3.05) is 40.2 Å². The van der Waals surface area contributed by atoms with Crippen LogP contribution in [0.3, 0.4) is 0 Å². The Kier molecular flexibility index (Phi) is 7.66. The van der Waals surface area contributed by atoms with Crippen LogP contribution in [0.5, 0.6) is 0 Å². The molecule has 0 aromatic carbocycles. The summed E-state index contributed by atoms with van der Waals surface area (Å²) in [5, 5.41) is 0. The topological polar surface area (TPSA) is 57.2 Å². The highest BCUT2D eigenvalue weighted by Crippen LogP contribution is 2.23. The highest BCUT2D eigenvalue weighted by molar-refractivity contribution is 5.68. The molecule has 126 valence electrons. The molecule has 0 radical (unpaired) electrons. The van der Waals surface area contributed by atoms with Gasteiger partial charge in [0.1, 0.15) is 19.0 Å². The number of hydrogen-bond donors (Lipinski definition) is 0. The van der Waals surface area contributed by atoms with Crippen LogP contribution in [0.1, 0.15) is 27.2 Å². The third kappa shape index (κ3) is 6.65. The summed E-state index contributed by atoms with van der Waals surface area (Å²) in [6, 6.07) is 0. The van der Waals surface area contributed by atoms with E-state index < -0.39 is 5.60 Å². The first-order valence-corrected chi connectivity index (χ1v) is 7.47. The Morgan fingerprint density at radius 3 is 2.73 bits per heavy atom. The van der Waals surface area contributed by atoms with E-state index in [1.807, 2.05) is 20.8 Å². The van der Waals surface area contributed by atoms with Crippen molar-refractivity contribution in [3.8, 4) is 12.3 Å². The van der Waals surface area contributed by atoms with Crippen molar-refractivity contribution < 1.29 is 23.7 Å². The lowest BCUT2D eigenvalue weighted by atomic mass is 9.95. The van der Waals surface area contributed by atoms with Gasteiger partial charge in [-0.05, 0) is 27.2 Å². The summed E-state index contributed by atoms with van der Waals surface area (Å²) in [5.41, 5.74) is -0.507. The van der Waals surface area contributed by atoms with Crippen LogP contribution >= 0.6 is 0 Å². The van der Waals surface area contributed by atoms with Gasteiger partial charge < -0.3 is 23.8 Å². The number of terminal acetylenes is 1. The average Bonchev–Trinajstić information content (AvgIpc) is 2.44. The van der Waals surface area contributed by atoms with Gasteiger partial charge in [-0.2, -0.15) is 0 Å². The minimum atomic E-state index is -0.507. The number of nitrogens with zero attached hydrogens (tertiary/aromatic N) is 1. The maximum atomic E-state index is 12.2. The highest BCUT2D eigenvalue weighted by Gasteiger charge is 2.34. The van der Waals surface area contributed by atoms with Gasteiger partial charge in [-0.15, -0.1) is 6.42 Å². The largest absolute Gasteiger partial charge is 0.444 e. The number of carbonyl (C=O) groups excluding carboxylic acids is 1. The Morgan fingerprint density at radius 2 is 2.14 bits per heavy atom. The highest BCUT2D eigenvalue weighted by atomic mass is 16.7. The average molecular weight is 313 g/mol. The van der Waals surface area contributed by atoms with E-state index in [9.17, 15) is 4.79 Å². The van der Waals surface area contributed by atoms with E-state index >= 15 is 0 Å². The van der Waals surface area contributed by atoms with Crippen LogP contribution < -0.4 is 0 Å². The van der Waals surface area contributed by atoms with Crippen molar-refractivity contribution >= 4 is 6.09 Å². The summed E-state index contributed by atoms with van der Waals surface area (Å²) in [5.74, 6) is 2.63. The zero-order chi connectivity index (χ0) is 16.6. The normalized spacial score (nSPS) is 22.2. The summed E-state index contributed by atoms with van der Waals surface area (Å²) in [6.45, 7) is 7.61. The van der Waals surface area contributed by atoms with Crippen molar-refractivity contribution in [3.63, 3.8) is 0 Å². The number of hydrogen-bond acceptors (Lipinski definition) is 5. The Labute approximate surface area is 133 Å². The molecule has 1 saturated heterocycles. The van der Waals surface area contributed by atoms with E-state index in [4.69, 9.17) is 25.4 Å². The second-order valence-electron chi connectivity index (χ2n) is 6.31. The smallest absolute Gasteiger partial charge is 0.410 e. The van der Waals surface area contributed by atoms with Gasteiger partial charge in [-0.1, -0.05) is 5.92 Å². The molecule has 1 heterocycles. The summed E-state index contributed by atoms with van der Waals surface area (Å²) < 4.78 is 21.5. The first-order chi connectivity index (χ1) is 10.4. The van der Waals surface area contributed by atoms with E-state index in [2.05, 4.69) is 5.92 Å². The van der Waals surface area contributed by atoms with Crippen LogP contribution in [-0.4, -0.2) is 62.9 Å². The fourth-order valence-corrected chi connectivity index (χ4v) is 2.26. The van der Waals surface area contributed by atoms with Gasteiger partial charge >= 0.3 is 6.09 Å². The molecular formula is C16H27NO5. The molecule has 0 aromatic rings. The van der Waals surface area contributed by atoms with Crippen LogP contribution in [0.25, 0.3) is 0 Å². The van der Waals surface area contributed by atoms with Gasteiger partial charge in [-0.25, -0.2) is 4.79 Å². The molecule has 0 bridgehead atoms. The lowest BCUT2D eigenvalue weighted by Gasteiger charge is -2.38. The van der Waals surface area contributed by atoms with Crippen LogP contribution in [-0.2, 0) is 18.9 Å². The SMILES string of the molecule is C#CCOCC1CCN(C(=O)OC(C)(C)C)CC1OCOC. The van der Waals surface area contributed by atoms with Crippen LogP contribution in [0, 0.1) is 18.3 Å². The predicted molar refractivity (Wildman–Crippen MR) is 82.3 cm³/mol. The van der Waals surface area contributed by atoms with Crippen molar-refractivity contribution in [1.29, 1.82) is 0 Å². The van der Waals surface area contributed by atoms with Gasteiger partial charge in [0.05, 0.1) is 19.3 Å². The maximum absolute atomic E-state index is 12.2. The van der Waals surface area contributed by atoms with Crippen LogP contribution in [0.15, 0.2) is 0 Å². The van der Waals surface area contributed by atoms with E-state index in [1.165, 1.54) is 0 Å². The van der Waals surface area contributed by atoms with Gasteiger partial charge in [-0.3, -0.25) is 0 Å². The van der Waals surface area contributed by atoms with E-state index in [-0.39, 0.29) is 31.5 Å². The number of ether oxygens (including phenoxy) is 4. The lowest BCUT2D eigenvalue weighted by molar-refractivity contribution is -0.123. The first-order valence-electron chi connectivity index (χ1n) is 7.47. The third-order valence-corrected chi connectivity index (χ3v) is 3.26. The lowest BCUT2D eigenvalue weighted by Crippen LogP contribution is -2.50. The fraction of sp³-hybridized carbons (Fsp3) is 0.812. The first kappa shape index (κ1) is 18.8. The Balaban J connectivity index is 2.58. The summed E-state index contributed by atoms with van der Waals surface area (Å²) in [4.78, 5) is 13.8. The molecule has 6 heteroatoms. The van der Waals surface area contributed by atoms with Gasteiger partial charge in [0.25, 0.3) is 0 Å². The molecule has 1 fully saturated rings. The summed E-state index contributed by atoms with van der Waals surface area (Å²) in [7, 11) is 1.57.